The molecule has 0 unspecified atom stereocenters. The van der Waals surface area contributed by atoms with Gasteiger partial charge in [0.1, 0.15) is 5.75 Å². The summed E-state index contributed by atoms with van der Waals surface area (Å²) in [6, 6.07) is 16.6. The van der Waals surface area contributed by atoms with E-state index in [-0.39, 0.29) is 19.1 Å². The van der Waals surface area contributed by atoms with E-state index in [1.807, 2.05) is 36.4 Å². The molecule has 0 bridgehead atoms. The van der Waals surface area contributed by atoms with Crippen molar-refractivity contribution in [2.75, 3.05) is 18.6 Å². The molecule has 2 heterocycles. The lowest BCUT2D eigenvalue weighted by Gasteiger charge is -2.29. The van der Waals surface area contributed by atoms with E-state index in [0.29, 0.717) is 22.7 Å². The number of hydrogen-bond acceptors (Lipinski definition) is 5. The van der Waals surface area contributed by atoms with Gasteiger partial charge < -0.3 is 4.74 Å². The van der Waals surface area contributed by atoms with Gasteiger partial charge >= 0.3 is 0 Å². The van der Waals surface area contributed by atoms with Crippen LogP contribution in [0.2, 0.25) is 0 Å². The van der Waals surface area contributed by atoms with E-state index in [2.05, 4.69) is 20.5 Å². The van der Waals surface area contributed by atoms with E-state index in [4.69, 9.17) is 4.74 Å². The Balaban J connectivity index is 1.62. The van der Waals surface area contributed by atoms with E-state index in [1.165, 1.54) is 7.11 Å². The van der Waals surface area contributed by atoms with Crippen LogP contribution in [0.3, 0.4) is 0 Å². The number of carbonyl (C=O) groups excluding carboxylic acids is 2. The zero-order chi connectivity index (χ0) is 19.5. The fourth-order valence-electron chi connectivity index (χ4n) is 3.04. The molecule has 0 fully saturated rings. The third kappa shape index (κ3) is 3.45. The summed E-state index contributed by atoms with van der Waals surface area (Å²) in [5, 5.41) is 7.32. The molecule has 0 radical (unpaired) electrons. The molecular weight excluding hydrogens is 360 g/mol. The molecule has 0 spiro atoms. The van der Waals surface area contributed by atoms with Crippen LogP contribution in [0.4, 0.5) is 5.69 Å². The van der Waals surface area contributed by atoms with Crippen molar-refractivity contribution in [3.63, 3.8) is 0 Å². The predicted octanol–water partition coefficient (Wildman–Crippen LogP) is 2.29. The fraction of sp³-hybridized carbons (Fsp3) is 0.150. The highest BCUT2D eigenvalue weighted by atomic mass is 16.6. The number of nitrogens with one attached hydrogen (secondary N) is 2. The van der Waals surface area contributed by atoms with Crippen LogP contribution < -0.4 is 15.1 Å². The number of hydrogen-bond donors (Lipinski definition) is 2. The second-order valence-corrected chi connectivity index (χ2v) is 6.23. The van der Waals surface area contributed by atoms with Crippen molar-refractivity contribution < 1.29 is 19.2 Å². The summed E-state index contributed by atoms with van der Waals surface area (Å²) in [6.07, 6.45) is 0. The summed E-state index contributed by atoms with van der Waals surface area (Å²) in [6.45, 7) is 0.195. The molecule has 1 aliphatic rings. The normalized spacial score (nSPS) is 13.0. The number of ether oxygens (including phenoxy) is 1. The van der Waals surface area contributed by atoms with Crippen LogP contribution in [-0.4, -0.2) is 35.7 Å². The van der Waals surface area contributed by atoms with Crippen molar-refractivity contribution in [1.82, 2.24) is 15.7 Å². The molecular formula is C20H18N4O4. The van der Waals surface area contributed by atoms with Gasteiger partial charge in [0.25, 0.3) is 11.8 Å². The van der Waals surface area contributed by atoms with Gasteiger partial charge in [-0.15, -0.1) is 0 Å². The second-order valence-electron chi connectivity index (χ2n) is 6.23. The Morgan fingerprint density at radius 3 is 2.86 bits per heavy atom. The quantitative estimate of drug-likeness (QED) is 0.664. The number of H-pyrrole nitrogens is 1. The molecule has 1 aromatic heterocycles. The first-order valence-electron chi connectivity index (χ1n) is 8.66. The minimum atomic E-state index is -0.408. The summed E-state index contributed by atoms with van der Waals surface area (Å²) in [5.41, 5.74) is 5.71. The fourth-order valence-corrected chi connectivity index (χ4v) is 3.04. The lowest BCUT2D eigenvalue weighted by molar-refractivity contribution is -0.121. The molecule has 4 rings (SSSR count). The Kier molecular flexibility index (Phi) is 4.77. The third-order valence-electron chi connectivity index (χ3n) is 4.39. The molecule has 28 heavy (non-hydrogen) atoms. The topological polar surface area (TPSA) is 96.5 Å². The molecule has 1 aliphatic heterocycles. The van der Waals surface area contributed by atoms with Crippen molar-refractivity contribution in [3.8, 4) is 17.0 Å². The molecule has 2 amide bonds. The third-order valence-corrected chi connectivity index (χ3v) is 4.39. The Bertz CT molecular complexity index is 1020. The summed E-state index contributed by atoms with van der Waals surface area (Å²) in [5.74, 6) is -0.0807. The summed E-state index contributed by atoms with van der Waals surface area (Å²) in [7, 11) is 1.36. The van der Waals surface area contributed by atoms with E-state index < -0.39 is 5.91 Å². The highest BCUT2D eigenvalue weighted by Gasteiger charge is 2.27. The predicted molar refractivity (Wildman–Crippen MR) is 102 cm³/mol. The van der Waals surface area contributed by atoms with Gasteiger partial charge in [-0.25, -0.2) is 5.48 Å². The SMILES string of the molecule is CONC(=O)c1ccc2c(c1)N(Cc1cc(-c3ccccc3)[nH]n1)C(=O)CO2. The average molecular weight is 378 g/mol. The van der Waals surface area contributed by atoms with Crippen LogP contribution in [0, 0.1) is 0 Å². The lowest BCUT2D eigenvalue weighted by Crippen LogP contribution is -2.38. The van der Waals surface area contributed by atoms with Crippen LogP contribution >= 0.6 is 0 Å². The highest BCUT2D eigenvalue weighted by Crippen LogP contribution is 2.34. The van der Waals surface area contributed by atoms with E-state index in [9.17, 15) is 9.59 Å². The molecule has 0 saturated carbocycles. The number of aromatic amines is 1. The number of benzene rings is 2. The van der Waals surface area contributed by atoms with Crippen molar-refractivity contribution >= 4 is 17.5 Å². The number of hydroxylamine groups is 1. The van der Waals surface area contributed by atoms with Gasteiger partial charge in [-0.05, 0) is 29.8 Å². The summed E-state index contributed by atoms with van der Waals surface area (Å²) in [4.78, 5) is 30.8. The van der Waals surface area contributed by atoms with E-state index in [0.717, 1.165) is 11.3 Å². The Morgan fingerprint density at radius 2 is 2.07 bits per heavy atom. The molecule has 8 heteroatoms. The number of fused-ring (bicyclic) bond motifs is 1. The number of carbonyl (C=O) groups is 2. The van der Waals surface area contributed by atoms with Crippen LogP contribution in [0.15, 0.2) is 54.6 Å². The van der Waals surface area contributed by atoms with Crippen LogP contribution in [0.1, 0.15) is 16.1 Å². The number of amides is 2. The minimum Gasteiger partial charge on any atom is -0.482 e. The van der Waals surface area contributed by atoms with E-state index in [1.54, 1.807) is 23.1 Å². The van der Waals surface area contributed by atoms with Crippen LogP contribution in [0.5, 0.6) is 5.75 Å². The van der Waals surface area contributed by atoms with Crippen molar-refractivity contribution in [1.29, 1.82) is 0 Å². The second kappa shape index (κ2) is 7.53. The molecule has 0 aliphatic carbocycles. The van der Waals surface area contributed by atoms with E-state index >= 15 is 0 Å². The van der Waals surface area contributed by atoms with Crippen molar-refractivity contribution in [2.45, 2.75) is 6.54 Å². The minimum absolute atomic E-state index is 0.0629. The smallest absolute Gasteiger partial charge is 0.274 e. The zero-order valence-electron chi connectivity index (χ0n) is 15.1. The van der Waals surface area contributed by atoms with Crippen molar-refractivity contribution in [3.05, 3.63) is 65.9 Å². The monoisotopic (exact) mass is 378 g/mol. The van der Waals surface area contributed by atoms with Gasteiger partial charge in [0.05, 0.1) is 30.7 Å². The maximum Gasteiger partial charge on any atom is 0.274 e. The first-order chi connectivity index (χ1) is 13.7. The van der Waals surface area contributed by atoms with Gasteiger partial charge in [-0.3, -0.25) is 24.4 Å². The molecule has 8 nitrogen and oxygen atoms in total. The largest absolute Gasteiger partial charge is 0.482 e. The van der Waals surface area contributed by atoms with Gasteiger partial charge in [-0.2, -0.15) is 5.10 Å². The number of rotatable bonds is 5. The average Bonchev–Trinajstić information content (AvgIpc) is 3.19. The molecule has 2 N–H and O–H groups in total. The molecule has 142 valence electrons. The van der Waals surface area contributed by atoms with Crippen molar-refractivity contribution in [2.24, 2.45) is 0 Å². The first-order valence-corrected chi connectivity index (χ1v) is 8.66. The number of anilines is 1. The molecule has 3 aromatic rings. The summed E-state index contributed by atoms with van der Waals surface area (Å²) >= 11 is 0. The first kappa shape index (κ1) is 17.7. The Hall–Kier alpha value is -3.65. The zero-order valence-corrected chi connectivity index (χ0v) is 15.1. The lowest BCUT2D eigenvalue weighted by atomic mass is 10.1. The Labute approximate surface area is 161 Å². The highest BCUT2D eigenvalue weighted by molar-refractivity contribution is 6.01. The standard InChI is InChI=1S/C20H18N4O4/c1-27-23-20(26)14-7-8-18-17(9-14)24(19(25)12-28-18)11-15-10-16(22-21-15)13-5-3-2-4-6-13/h2-10H,11-12H2,1H3,(H,21,22)(H,23,26). The van der Waals surface area contributed by atoms with Gasteiger partial charge in [-0.1, -0.05) is 30.3 Å². The maximum absolute atomic E-state index is 12.5. The number of aromatic nitrogens is 2. The van der Waals surface area contributed by atoms with Gasteiger partial charge in [0.15, 0.2) is 6.61 Å². The Morgan fingerprint density at radius 1 is 1.25 bits per heavy atom. The summed E-state index contributed by atoms with van der Waals surface area (Å²) < 4.78 is 5.49. The molecule has 2 aromatic carbocycles. The van der Waals surface area contributed by atoms with Crippen LogP contribution in [0.25, 0.3) is 11.3 Å². The van der Waals surface area contributed by atoms with Gasteiger partial charge in [0.2, 0.25) is 0 Å². The maximum atomic E-state index is 12.5. The number of nitrogens with zero attached hydrogens (tertiary/aromatic N) is 2. The molecule has 0 saturated heterocycles. The van der Waals surface area contributed by atoms with Gasteiger partial charge in [0, 0.05) is 5.56 Å². The van der Waals surface area contributed by atoms with Crippen LogP contribution in [-0.2, 0) is 16.2 Å². The molecule has 0 atom stereocenters.